The lowest BCUT2D eigenvalue weighted by Crippen LogP contribution is -2.41. The molecule has 1 N–H and O–H groups in total. The highest BCUT2D eigenvalue weighted by atomic mass is 19.1. The second-order valence-electron chi connectivity index (χ2n) is 4.27. The maximum Gasteiger partial charge on any atom is 0.413 e. The number of carbonyl (C=O) groups is 3. The van der Waals surface area contributed by atoms with Gasteiger partial charge in [0.2, 0.25) is 0 Å². The molecule has 0 aromatic heterocycles. The predicted octanol–water partition coefficient (Wildman–Crippen LogP) is 1.41. The number of benzene rings is 1. The maximum atomic E-state index is 12.7. The topological polar surface area (TPSA) is 90.9 Å². The number of nitrogens with one attached hydrogen (secondary N) is 1. The van der Waals surface area contributed by atoms with Crippen LogP contribution in [0.3, 0.4) is 0 Å². The summed E-state index contributed by atoms with van der Waals surface area (Å²) in [4.78, 5) is 34.1. The zero-order valence-corrected chi connectivity index (χ0v) is 12.3. The largest absolute Gasteiger partial charge is 0.479 e. The summed E-state index contributed by atoms with van der Waals surface area (Å²) in [7, 11) is 1.10. The number of imide groups is 1. The molecule has 0 aliphatic carbocycles. The van der Waals surface area contributed by atoms with Gasteiger partial charge in [0.25, 0.3) is 5.91 Å². The number of hydrogen-bond donors (Lipinski definition) is 1. The number of esters is 1. The molecular formula is C14H16FNO6. The van der Waals surface area contributed by atoms with Gasteiger partial charge in [0.15, 0.2) is 12.2 Å². The van der Waals surface area contributed by atoms with Crippen LogP contribution in [0, 0.1) is 5.82 Å². The normalized spacial score (nSPS) is 12.7. The molecule has 2 atom stereocenters. The molecule has 0 unspecified atom stereocenters. The summed E-state index contributed by atoms with van der Waals surface area (Å²) in [6.45, 7) is 2.71. The molecule has 0 spiro atoms. The number of methoxy groups -OCH3 is 1. The predicted molar refractivity (Wildman–Crippen MR) is 72.6 cm³/mol. The first kappa shape index (κ1) is 17.4. The van der Waals surface area contributed by atoms with Crippen LogP contribution in [0.4, 0.5) is 9.18 Å². The van der Waals surface area contributed by atoms with Crippen molar-refractivity contribution in [2.45, 2.75) is 26.1 Å². The summed E-state index contributed by atoms with van der Waals surface area (Å²) in [6.07, 6.45) is -3.17. The van der Waals surface area contributed by atoms with Crippen molar-refractivity contribution in [3.05, 3.63) is 30.1 Å². The van der Waals surface area contributed by atoms with Crippen molar-refractivity contribution in [3.63, 3.8) is 0 Å². The Balaban J connectivity index is 2.51. The molecule has 2 amide bonds. The maximum absolute atomic E-state index is 12.7. The monoisotopic (exact) mass is 313 g/mol. The third-order valence-corrected chi connectivity index (χ3v) is 2.53. The lowest BCUT2D eigenvalue weighted by molar-refractivity contribution is -0.160. The lowest BCUT2D eigenvalue weighted by atomic mass is 10.3. The minimum absolute atomic E-state index is 0.275. The van der Waals surface area contributed by atoms with Crippen molar-refractivity contribution in [1.29, 1.82) is 0 Å². The summed E-state index contributed by atoms with van der Waals surface area (Å²) in [6, 6.07) is 5.07. The zero-order valence-electron chi connectivity index (χ0n) is 12.3. The van der Waals surface area contributed by atoms with Gasteiger partial charge >= 0.3 is 12.1 Å². The van der Waals surface area contributed by atoms with E-state index < -0.39 is 36.0 Å². The molecule has 0 saturated carbocycles. The summed E-state index contributed by atoms with van der Waals surface area (Å²) >= 11 is 0. The van der Waals surface area contributed by atoms with E-state index in [0.717, 1.165) is 7.11 Å². The number of alkyl carbamates (subject to hydrolysis) is 1. The van der Waals surface area contributed by atoms with Crippen LogP contribution in [0.15, 0.2) is 24.3 Å². The van der Waals surface area contributed by atoms with Gasteiger partial charge in [0.05, 0.1) is 7.11 Å². The average Bonchev–Trinajstić information content (AvgIpc) is 2.49. The molecule has 8 heteroatoms. The van der Waals surface area contributed by atoms with Crippen molar-refractivity contribution in [3.8, 4) is 5.75 Å². The second kappa shape index (κ2) is 7.96. The van der Waals surface area contributed by atoms with Crippen molar-refractivity contribution < 1.29 is 33.0 Å². The summed E-state index contributed by atoms with van der Waals surface area (Å²) in [5.41, 5.74) is 0. The Hall–Kier alpha value is -2.64. The van der Waals surface area contributed by atoms with Crippen molar-refractivity contribution in [2.24, 2.45) is 0 Å². The van der Waals surface area contributed by atoms with E-state index in [1.54, 1.807) is 0 Å². The van der Waals surface area contributed by atoms with Crippen LogP contribution in [0.5, 0.6) is 5.75 Å². The summed E-state index contributed by atoms with van der Waals surface area (Å²) in [5, 5.41) is 1.87. The Morgan fingerprint density at radius 2 is 1.68 bits per heavy atom. The van der Waals surface area contributed by atoms with E-state index in [9.17, 15) is 18.8 Å². The van der Waals surface area contributed by atoms with Crippen molar-refractivity contribution >= 4 is 18.0 Å². The molecule has 0 saturated heterocycles. The van der Waals surface area contributed by atoms with Crippen LogP contribution in [-0.4, -0.2) is 37.3 Å². The summed E-state index contributed by atoms with van der Waals surface area (Å²) < 4.78 is 27.1. The molecular weight excluding hydrogens is 297 g/mol. The number of halogens is 1. The highest BCUT2D eigenvalue weighted by molar-refractivity contribution is 5.95. The van der Waals surface area contributed by atoms with Gasteiger partial charge in [-0.25, -0.2) is 14.0 Å². The van der Waals surface area contributed by atoms with E-state index in [1.807, 2.05) is 5.32 Å². The standard InChI is InChI=1S/C14H16FNO6/c1-8(12(17)16-14(19)20-3)22-13(18)9(2)21-11-6-4-10(15)5-7-11/h4-9H,1-3H3,(H,16,17,19)/t8-,9-/m0/s1. The van der Waals surface area contributed by atoms with E-state index in [4.69, 9.17) is 9.47 Å². The molecule has 0 aliphatic rings. The third kappa shape index (κ3) is 5.39. The minimum Gasteiger partial charge on any atom is -0.479 e. The Bertz CT molecular complexity index is 545. The van der Waals surface area contributed by atoms with Gasteiger partial charge in [0, 0.05) is 0 Å². The van der Waals surface area contributed by atoms with Gasteiger partial charge in [-0.05, 0) is 38.1 Å². The molecule has 1 aromatic carbocycles. The first-order chi connectivity index (χ1) is 10.3. The van der Waals surface area contributed by atoms with Crippen molar-refractivity contribution in [1.82, 2.24) is 5.32 Å². The summed E-state index contributed by atoms with van der Waals surface area (Å²) in [5.74, 6) is -1.79. The molecule has 120 valence electrons. The Morgan fingerprint density at radius 1 is 1.09 bits per heavy atom. The van der Waals surface area contributed by atoms with Crippen molar-refractivity contribution in [2.75, 3.05) is 7.11 Å². The molecule has 22 heavy (non-hydrogen) atoms. The zero-order chi connectivity index (χ0) is 16.7. The van der Waals surface area contributed by atoms with Gasteiger partial charge in [-0.2, -0.15) is 0 Å². The lowest BCUT2D eigenvalue weighted by Gasteiger charge is -2.17. The Labute approximate surface area is 126 Å². The molecule has 0 aliphatic heterocycles. The highest BCUT2D eigenvalue weighted by Gasteiger charge is 2.24. The highest BCUT2D eigenvalue weighted by Crippen LogP contribution is 2.13. The quantitative estimate of drug-likeness (QED) is 0.826. The fraction of sp³-hybridized carbons (Fsp3) is 0.357. The molecule has 1 rings (SSSR count). The van der Waals surface area contributed by atoms with Gasteiger partial charge in [0.1, 0.15) is 11.6 Å². The minimum atomic E-state index is -1.20. The van der Waals surface area contributed by atoms with Crippen LogP contribution in [0.1, 0.15) is 13.8 Å². The first-order valence-corrected chi connectivity index (χ1v) is 6.35. The van der Waals surface area contributed by atoms with E-state index in [1.165, 1.54) is 38.1 Å². The molecule has 0 fully saturated rings. The first-order valence-electron chi connectivity index (χ1n) is 6.35. The fourth-order valence-electron chi connectivity index (χ4n) is 1.34. The Kier molecular flexibility index (Phi) is 6.30. The van der Waals surface area contributed by atoms with E-state index in [0.29, 0.717) is 0 Å². The van der Waals surface area contributed by atoms with E-state index in [2.05, 4.69) is 4.74 Å². The Morgan fingerprint density at radius 3 is 2.23 bits per heavy atom. The second-order valence-corrected chi connectivity index (χ2v) is 4.27. The van der Waals surface area contributed by atoms with Crippen LogP contribution in [0.2, 0.25) is 0 Å². The van der Waals surface area contributed by atoms with Crippen LogP contribution >= 0.6 is 0 Å². The van der Waals surface area contributed by atoms with Crippen LogP contribution in [-0.2, 0) is 19.1 Å². The van der Waals surface area contributed by atoms with E-state index in [-0.39, 0.29) is 5.75 Å². The van der Waals surface area contributed by atoms with Gasteiger partial charge < -0.3 is 14.2 Å². The van der Waals surface area contributed by atoms with Gasteiger partial charge in [-0.3, -0.25) is 10.1 Å². The van der Waals surface area contributed by atoms with Crippen LogP contribution in [0.25, 0.3) is 0 Å². The van der Waals surface area contributed by atoms with Crippen LogP contribution < -0.4 is 10.1 Å². The van der Waals surface area contributed by atoms with Gasteiger partial charge in [-0.15, -0.1) is 0 Å². The number of amides is 2. The molecule has 1 aromatic rings. The fourth-order valence-corrected chi connectivity index (χ4v) is 1.34. The molecule has 0 bridgehead atoms. The smallest absolute Gasteiger partial charge is 0.413 e. The SMILES string of the molecule is COC(=O)NC(=O)[C@H](C)OC(=O)[C@H](C)Oc1ccc(F)cc1. The number of hydrogen-bond acceptors (Lipinski definition) is 6. The number of ether oxygens (including phenoxy) is 3. The third-order valence-electron chi connectivity index (χ3n) is 2.53. The van der Waals surface area contributed by atoms with E-state index >= 15 is 0 Å². The number of carbonyl (C=O) groups excluding carboxylic acids is 3. The average molecular weight is 313 g/mol. The molecule has 0 radical (unpaired) electrons. The molecule has 0 heterocycles. The van der Waals surface area contributed by atoms with Gasteiger partial charge in [-0.1, -0.05) is 0 Å². The number of rotatable bonds is 5. The molecule has 7 nitrogen and oxygen atoms in total.